The Morgan fingerprint density at radius 1 is 0.309 bits per heavy atom. The molecule has 11 aromatic rings. The van der Waals surface area contributed by atoms with Gasteiger partial charge in [0.2, 0.25) is 0 Å². The molecule has 0 atom stereocenters. The van der Waals surface area contributed by atoms with Gasteiger partial charge in [0.15, 0.2) is 0 Å². The van der Waals surface area contributed by atoms with Crippen molar-refractivity contribution >= 4 is 90.9 Å². The van der Waals surface area contributed by atoms with Gasteiger partial charge in [0.1, 0.15) is 0 Å². The van der Waals surface area contributed by atoms with E-state index in [0.717, 1.165) is 11.4 Å². The zero-order chi connectivity index (χ0) is 36.3. The van der Waals surface area contributed by atoms with Crippen molar-refractivity contribution in [3.05, 3.63) is 200 Å². The van der Waals surface area contributed by atoms with Crippen LogP contribution in [0.15, 0.2) is 200 Å². The van der Waals surface area contributed by atoms with Crippen LogP contribution in [-0.2, 0) is 0 Å². The molecule has 9 aromatic carbocycles. The average molecular weight is 736 g/mol. The van der Waals surface area contributed by atoms with Gasteiger partial charge in [-0.1, -0.05) is 140 Å². The van der Waals surface area contributed by atoms with E-state index in [9.17, 15) is 0 Å². The highest BCUT2D eigenvalue weighted by Crippen LogP contribution is 2.47. The highest BCUT2D eigenvalue weighted by atomic mass is 32.1. The summed E-state index contributed by atoms with van der Waals surface area (Å²) in [4.78, 5) is 2.48. The molecule has 0 unspecified atom stereocenters. The zero-order valence-corrected chi connectivity index (χ0v) is 31.4. The molecule has 0 radical (unpaired) electrons. The van der Waals surface area contributed by atoms with Crippen molar-refractivity contribution in [2.75, 3.05) is 4.90 Å². The smallest absolute Gasteiger partial charge is 0.0640 e. The molecule has 0 aliphatic rings. The molecule has 2 aromatic heterocycles. The Balaban J connectivity index is 1.19. The van der Waals surface area contributed by atoms with E-state index in [0.29, 0.717) is 0 Å². The van der Waals surface area contributed by atoms with Crippen LogP contribution in [0.4, 0.5) is 17.1 Å². The van der Waals surface area contributed by atoms with Crippen molar-refractivity contribution < 1.29 is 0 Å². The molecule has 55 heavy (non-hydrogen) atoms. The number of fused-ring (bicyclic) bond motifs is 7. The summed E-state index contributed by atoms with van der Waals surface area (Å²) in [6.45, 7) is 0. The molecule has 0 bridgehead atoms. The van der Waals surface area contributed by atoms with Gasteiger partial charge in [-0.2, -0.15) is 0 Å². The van der Waals surface area contributed by atoms with Crippen LogP contribution in [0.5, 0.6) is 0 Å². The number of benzene rings is 9. The zero-order valence-electron chi connectivity index (χ0n) is 29.8. The fourth-order valence-electron chi connectivity index (χ4n) is 8.21. The van der Waals surface area contributed by atoms with Crippen LogP contribution in [0.3, 0.4) is 0 Å². The molecule has 0 aliphatic heterocycles. The predicted molar refractivity (Wildman–Crippen MR) is 241 cm³/mol. The minimum absolute atomic E-state index is 1.12. The summed E-state index contributed by atoms with van der Waals surface area (Å²) in [7, 11) is 0. The number of rotatable bonds is 6. The molecular formula is C52H33NS2. The summed E-state index contributed by atoms with van der Waals surface area (Å²) in [5, 5.41) is 7.68. The van der Waals surface area contributed by atoms with Crippen LogP contribution < -0.4 is 4.90 Å². The minimum atomic E-state index is 1.12. The molecule has 0 N–H and O–H groups in total. The second-order valence-corrected chi connectivity index (χ2v) is 16.2. The molecule has 2 heterocycles. The van der Waals surface area contributed by atoms with Crippen molar-refractivity contribution in [2.24, 2.45) is 0 Å². The number of anilines is 3. The van der Waals surface area contributed by atoms with Crippen molar-refractivity contribution in [1.29, 1.82) is 0 Å². The summed E-state index contributed by atoms with van der Waals surface area (Å²) < 4.78 is 5.21. The molecule has 0 spiro atoms. The lowest BCUT2D eigenvalue weighted by atomic mass is 9.93. The fraction of sp³-hybridized carbons (Fsp3) is 0. The van der Waals surface area contributed by atoms with E-state index >= 15 is 0 Å². The molecular weight excluding hydrogens is 703 g/mol. The number of hydrogen-bond acceptors (Lipinski definition) is 3. The highest BCUT2D eigenvalue weighted by molar-refractivity contribution is 7.26. The van der Waals surface area contributed by atoms with Crippen LogP contribution in [0.2, 0.25) is 0 Å². The second kappa shape index (κ2) is 13.1. The first-order valence-corrected chi connectivity index (χ1v) is 20.3. The van der Waals surface area contributed by atoms with E-state index in [1.807, 2.05) is 22.7 Å². The Morgan fingerprint density at radius 3 is 1.75 bits per heavy atom. The van der Waals surface area contributed by atoms with Gasteiger partial charge in [0.25, 0.3) is 0 Å². The van der Waals surface area contributed by atoms with Gasteiger partial charge in [-0.3, -0.25) is 0 Å². The number of hydrogen-bond donors (Lipinski definition) is 0. The first-order valence-electron chi connectivity index (χ1n) is 18.7. The normalized spacial score (nSPS) is 11.6. The molecule has 0 amide bonds. The fourth-order valence-corrected chi connectivity index (χ4v) is 10.5. The lowest BCUT2D eigenvalue weighted by molar-refractivity contribution is 1.30. The molecule has 1 nitrogen and oxygen atoms in total. The van der Waals surface area contributed by atoms with Crippen LogP contribution in [0.25, 0.3) is 84.5 Å². The highest BCUT2D eigenvalue weighted by Gasteiger charge is 2.21. The molecule has 0 aliphatic carbocycles. The molecule has 258 valence electrons. The van der Waals surface area contributed by atoms with Crippen LogP contribution in [0, 0.1) is 0 Å². The summed E-state index contributed by atoms with van der Waals surface area (Å²) in [5.74, 6) is 0. The molecule has 3 heteroatoms. The van der Waals surface area contributed by atoms with Crippen molar-refractivity contribution in [3.63, 3.8) is 0 Å². The van der Waals surface area contributed by atoms with Crippen molar-refractivity contribution in [3.8, 4) is 33.4 Å². The van der Waals surface area contributed by atoms with E-state index in [1.54, 1.807) is 0 Å². The van der Waals surface area contributed by atoms with E-state index < -0.39 is 0 Å². The van der Waals surface area contributed by atoms with Gasteiger partial charge in [-0.15, -0.1) is 22.7 Å². The average Bonchev–Trinajstić information content (AvgIpc) is 3.83. The monoisotopic (exact) mass is 735 g/mol. The maximum Gasteiger partial charge on any atom is 0.0640 e. The Hall–Kier alpha value is -6.52. The Bertz CT molecular complexity index is 3200. The van der Waals surface area contributed by atoms with Gasteiger partial charge in [-0.05, 0) is 105 Å². The third-order valence-electron chi connectivity index (χ3n) is 10.8. The largest absolute Gasteiger partial charge is 0.309 e. The Labute approximate surface area is 327 Å². The van der Waals surface area contributed by atoms with Crippen LogP contribution >= 0.6 is 22.7 Å². The molecule has 0 saturated heterocycles. The third kappa shape index (κ3) is 5.51. The van der Waals surface area contributed by atoms with Gasteiger partial charge in [0.05, 0.1) is 10.4 Å². The number of thiophene rings is 2. The summed E-state index contributed by atoms with van der Waals surface area (Å²) in [5.41, 5.74) is 10.6. The summed E-state index contributed by atoms with van der Waals surface area (Å²) >= 11 is 3.74. The summed E-state index contributed by atoms with van der Waals surface area (Å²) in [6, 6.07) is 73.6. The third-order valence-corrected chi connectivity index (χ3v) is 13.2. The number of nitrogens with zero attached hydrogens (tertiary/aromatic N) is 1. The maximum absolute atomic E-state index is 2.48. The van der Waals surface area contributed by atoms with Gasteiger partial charge >= 0.3 is 0 Å². The standard InChI is InChI=1S/C52H33NS2/c1-2-12-34(13-3-1)35-24-27-40(28-25-35)53(48-21-11-20-46-44-17-6-9-23-50(44)55-52(46)48)41-31-38(30-39(32-41)43-19-10-15-36-14-4-5-16-42(36)43)37-26-29-51-47(33-37)45-18-7-8-22-49(45)54-51/h1-33H. The van der Waals surface area contributed by atoms with Gasteiger partial charge < -0.3 is 4.90 Å². The van der Waals surface area contributed by atoms with E-state index in [4.69, 9.17) is 0 Å². The molecule has 0 fully saturated rings. The van der Waals surface area contributed by atoms with Gasteiger partial charge in [-0.25, -0.2) is 0 Å². The Morgan fingerprint density at radius 2 is 0.909 bits per heavy atom. The van der Waals surface area contributed by atoms with Gasteiger partial charge in [0, 0.05) is 47.0 Å². The first-order chi connectivity index (χ1) is 27.2. The molecule has 11 rings (SSSR count). The predicted octanol–water partition coefficient (Wildman–Crippen LogP) is 16.0. The minimum Gasteiger partial charge on any atom is -0.309 e. The van der Waals surface area contributed by atoms with Crippen molar-refractivity contribution in [1.82, 2.24) is 0 Å². The quantitative estimate of drug-likeness (QED) is 0.164. The molecule has 0 saturated carbocycles. The maximum atomic E-state index is 2.48. The van der Waals surface area contributed by atoms with Crippen LogP contribution in [-0.4, -0.2) is 0 Å². The van der Waals surface area contributed by atoms with E-state index in [2.05, 4.69) is 205 Å². The van der Waals surface area contributed by atoms with Crippen LogP contribution in [0.1, 0.15) is 0 Å². The summed E-state index contributed by atoms with van der Waals surface area (Å²) in [6.07, 6.45) is 0. The van der Waals surface area contributed by atoms with Crippen molar-refractivity contribution in [2.45, 2.75) is 0 Å². The second-order valence-electron chi connectivity index (χ2n) is 14.1. The lowest BCUT2D eigenvalue weighted by Crippen LogP contribution is -2.10. The SMILES string of the molecule is c1ccc(-c2ccc(N(c3cc(-c4ccc5sc6ccccc6c5c4)cc(-c4cccc5ccccc45)c3)c3cccc4c3sc3ccccc34)cc2)cc1. The first kappa shape index (κ1) is 32.0. The Kier molecular flexibility index (Phi) is 7.61. The van der Waals surface area contributed by atoms with E-state index in [1.165, 1.54) is 90.2 Å². The van der Waals surface area contributed by atoms with E-state index in [-0.39, 0.29) is 0 Å². The lowest BCUT2D eigenvalue weighted by Gasteiger charge is -2.28. The topological polar surface area (TPSA) is 3.24 Å².